The summed E-state index contributed by atoms with van der Waals surface area (Å²) in [5.74, 6) is -0.739. The van der Waals surface area contributed by atoms with Gasteiger partial charge in [-0.3, -0.25) is 14.4 Å². The Balaban J connectivity index is 1.75. The number of nitrogens with one attached hydrogen (secondary N) is 3. The van der Waals surface area contributed by atoms with Crippen molar-refractivity contribution in [3.05, 3.63) is 48.0 Å². The summed E-state index contributed by atoms with van der Waals surface area (Å²) in [6.45, 7) is 3.85. The zero-order valence-electron chi connectivity index (χ0n) is 14.5. The molecular formula is C19H23N3O3. The number of carbonyl (C=O) groups is 3. The molecule has 0 heterocycles. The van der Waals surface area contributed by atoms with Crippen molar-refractivity contribution >= 4 is 28.5 Å². The van der Waals surface area contributed by atoms with E-state index in [4.69, 9.17) is 0 Å². The summed E-state index contributed by atoms with van der Waals surface area (Å²) in [6, 6.07) is 13.3. The van der Waals surface area contributed by atoms with Crippen LogP contribution in [-0.2, 0) is 9.59 Å². The lowest BCUT2D eigenvalue weighted by molar-refractivity contribution is -0.126. The van der Waals surface area contributed by atoms with Crippen molar-refractivity contribution in [1.29, 1.82) is 0 Å². The molecule has 0 aliphatic rings. The number of hydrogen-bond acceptors (Lipinski definition) is 3. The second kappa shape index (κ2) is 8.82. The average Bonchev–Trinajstić information content (AvgIpc) is 2.59. The molecule has 6 nitrogen and oxygen atoms in total. The number of fused-ring (bicyclic) bond motifs is 1. The van der Waals surface area contributed by atoms with Gasteiger partial charge >= 0.3 is 0 Å². The Hall–Kier alpha value is -2.89. The van der Waals surface area contributed by atoms with Crippen molar-refractivity contribution in [3.8, 4) is 0 Å². The van der Waals surface area contributed by atoms with Gasteiger partial charge in [0.1, 0.15) is 0 Å². The van der Waals surface area contributed by atoms with Crippen LogP contribution in [0.2, 0.25) is 0 Å². The monoisotopic (exact) mass is 341 g/mol. The van der Waals surface area contributed by atoms with Crippen LogP contribution in [0.25, 0.3) is 10.8 Å². The number of benzene rings is 2. The Kier molecular flexibility index (Phi) is 6.51. The van der Waals surface area contributed by atoms with Crippen molar-refractivity contribution in [1.82, 2.24) is 16.0 Å². The fourth-order valence-electron chi connectivity index (χ4n) is 2.36. The summed E-state index contributed by atoms with van der Waals surface area (Å²) in [7, 11) is 0. The molecule has 6 heteroatoms. The minimum Gasteiger partial charge on any atom is -0.352 e. The minimum atomic E-state index is -0.280. The maximum atomic E-state index is 12.2. The van der Waals surface area contributed by atoms with Gasteiger partial charge in [-0.15, -0.1) is 0 Å². The second-order valence-electron chi connectivity index (χ2n) is 6.07. The molecule has 3 N–H and O–H groups in total. The molecule has 0 radical (unpaired) electrons. The SMILES string of the molecule is CC(C)NC(=O)CNC(=O)CCNC(=O)c1ccc2ccccc2c1. The van der Waals surface area contributed by atoms with Crippen molar-refractivity contribution < 1.29 is 14.4 Å². The molecule has 0 atom stereocenters. The van der Waals surface area contributed by atoms with Crippen molar-refractivity contribution in [2.24, 2.45) is 0 Å². The Labute approximate surface area is 147 Å². The first-order valence-corrected chi connectivity index (χ1v) is 8.29. The Bertz CT molecular complexity index is 771. The smallest absolute Gasteiger partial charge is 0.251 e. The Morgan fingerprint density at radius 2 is 1.64 bits per heavy atom. The molecule has 0 fully saturated rings. The van der Waals surface area contributed by atoms with Crippen LogP contribution in [0.1, 0.15) is 30.6 Å². The summed E-state index contributed by atoms with van der Waals surface area (Å²) in [5.41, 5.74) is 0.551. The molecule has 132 valence electrons. The highest BCUT2D eigenvalue weighted by atomic mass is 16.2. The first kappa shape index (κ1) is 18.4. The van der Waals surface area contributed by atoms with E-state index in [1.165, 1.54) is 0 Å². The third-order valence-electron chi connectivity index (χ3n) is 3.55. The maximum absolute atomic E-state index is 12.2. The van der Waals surface area contributed by atoms with Gasteiger partial charge < -0.3 is 16.0 Å². The number of amides is 3. The zero-order chi connectivity index (χ0) is 18.2. The fraction of sp³-hybridized carbons (Fsp3) is 0.316. The van der Waals surface area contributed by atoms with Crippen LogP contribution in [-0.4, -0.2) is 36.9 Å². The van der Waals surface area contributed by atoms with E-state index < -0.39 is 0 Å². The van der Waals surface area contributed by atoms with E-state index in [1.54, 1.807) is 6.07 Å². The number of carbonyl (C=O) groups excluding carboxylic acids is 3. The van der Waals surface area contributed by atoms with E-state index in [9.17, 15) is 14.4 Å². The molecule has 0 aliphatic heterocycles. The molecule has 3 amide bonds. The maximum Gasteiger partial charge on any atom is 0.251 e. The molecule has 2 aromatic carbocycles. The van der Waals surface area contributed by atoms with Gasteiger partial charge in [-0.1, -0.05) is 30.3 Å². The van der Waals surface area contributed by atoms with Gasteiger partial charge in [0.15, 0.2) is 0 Å². The minimum absolute atomic E-state index is 0.0330. The average molecular weight is 341 g/mol. The lowest BCUT2D eigenvalue weighted by Crippen LogP contribution is -2.40. The summed E-state index contributed by atoms with van der Waals surface area (Å²) >= 11 is 0. The van der Waals surface area contributed by atoms with Gasteiger partial charge in [0, 0.05) is 24.6 Å². The molecule has 0 aliphatic carbocycles. The van der Waals surface area contributed by atoms with Gasteiger partial charge in [0.2, 0.25) is 11.8 Å². The van der Waals surface area contributed by atoms with Gasteiger partial charge in [0.25, 0.3) is 5.91 Å². The van der Waals surface area contributed by atoms with Crippen molar-refractivity contribution in [2.45, 2.75) is 26.3 Å². The molecule has 0 saturated heterocycles. The summed E-state index contributed by atoms with van der Waals surface area (Å²) in [6.07, 6.45) is 0.119. The Morgan fingerprint density at radius 3 is 2.36 bits per heavy atom. The first-order valence-electron chi connectivity index (χ1n) is 8.29. The predicted octanol–water partition coefficient (Wildman–Crippen LogP) is 1.60. The molecule has 0 unspecified atom stereocenters. The van der Waals surface area contributed by atoms with Crippen molar-refractivity contribution in [2.75, 3.05) is 13.1 Å². The summed E-state index contributed by atoms with van der Waals surface area (Å²) < 4.78 is 0. The third-order valence-corrected chi connectivity index (χ3v) is 3.55. The first-order chi connectivity index (χ1) is 12.0. The number of rotatable bonds is 7. The largest absolute Gasteiger partial charge is 0.352 e. The lowest BCUT2D eigenvalue weighted by Gasteiger charge is -2.10. The van der Waals surface area contributed by atoms with Crippen LogP contribution in [0.5, 0.6) is 0 Å². The van der Waals surface area contributed by atoms with Gasteiger partial charge in [-0.25, -0.2) is 0 Å². The van der Waals surface area contributed by atoms with Crippen LogP contribution in [0, 0.1) is 0 Å². The number of hydrogen-bond donors (Lipinski definition) is 3. The van der Waals surface area contributed by atoms with E-state index in [0.29, 0.717) is 5.56 Å². The molecule has 0 aromatic heterocycles. The molecule has 25 heavy (non-hydrogen) atoms. The molecule has 0 saturated carbocycles. The van der Waals surface area contributed by atoms with Crippen LogP contribution in [0.3, 0.4) is 0 Å². The fourth-order valence-corrected chi connectivity index (χ4v) is 2.36. The van der Waals surface area contributed by atoms with E-state index in [0.717, 1.165) is 10.8 Å². The van der Waals surface area contributed by atoms with Crippen molar-refractivity contribution in [3.63, 3.8) is 0 Å². The molecule has 2 aromatic rings. The van der Waals surface area contributed by atoms with E-state index >= 15 is 0 Å². The van der Waals surface area contributed by atoms with Crippen LogP contribution >= 0.6 is 0 Å². The van der Waals surface area contributed by atoms with Crippen LogP contribution in [0.15, 0.2) is 42.5 Å². The Morgan fingerprint density at radius 1 is 0.920 bits per heavy atom. The van der Waals surface area contributed by atoms with Gasteiger partial charge in [0.05, 0.1) is 6.54 Å². The molecular weight excluding hydrogens is 318 g/mol. The topological polar surface area (TPSA) is 87.3 Å². The van der Waals surface area contributed by atoms with Crippen LogP contribution in [0.4, 0.5) is 0 Å². The van der Waals surface area contributed by atoms with Gasteiger partial charge in [-0.2, -0.15) is 0 Å². The van der Waals surface area contributed by atoms with Crippen LogP contribution < -0.4 is 16.0 Å². The van der Waals surface area contributed by atoms with E-state index in [1.807, 2.05) is 50.2 Å². The third kappa shape index (κ3) is 5.91. The molecule has 0 bridgehead atoms. The predicted molar refractivity (Wildman–Crippen MR) is 97.2 cm³/mol. The normalized spacial score (nSPS) is 10.5. The second-order valence-corrected chi connectivity index (χ2v) is 6.07. The summed E-state index contributed by atoms with van der Waals surface area (Å²) in [5, 5.41) is 9.98. The zero-order valence-corrected chi connectivity index (χ0v) is 14.5. The molecule has 2 rings (SSSR count). The molecule has 0 spiro atoms. The van der Waals surface area contributed by atoms with E-state index in [-0.39, 0.29) is 43.3 Å². The van der Waals surface area contributed by atoms with Gasteiger partial charge in [-0.05, 0) is 36.8 Å². The quantitative estimate of drug-likeness (QED) is 0.715. The lowest BCUT2D eigenvalue weighted by atomic mass is 10.1. The highest BCUT2D eigenvalue weighted by Crippen LogP contribution is 2.15. The summed E-state index contributed by atoms with van der Waals surface area (Å²) in [4.78, 5) is 35.3. The highest BCUT2D eigenvalue weighted by molar-refractivity contribution is 5.98. The van der Waals surface area contributed by atoms with E-state index in [2.05, 4.69) is 16.0 Å². The standard InChI is InChI=1S/C19H23N3O3/c1-13(2)22-18(24)12-21-17(23)9-10-20-19(25)16-8-7-14-5-3-4-6-15(14)11-16/h3-8,11,13H,9-10,12H2,1-2H3,(H,20,25)(H,21,23)(H,22,24). The highest BCUT2D eigenvalue weighted by Gasteiger charge is 2.09.